The monoisotopic (exact) mass is 429 g/mol. The van der Waals surface area contributed by atoms with E-state index in [1.54, 1.807) is 17.0 Å². The lowest BCUT2D eigenvalue weighted by atomic mass is 10.2. The Bertz CT molecular complexity index is 750. The summed E-state index contributed by atoms with van der Waals surface area (Å²) in [5, 5.41) is 0. The Labute approximate surface area is 173 Å². The second kappa shape index (κ2) is 10.4. The lowest BCUT2D eigenvalue weighted by Crippen LogP contribution is -2.56. The van der Waals surface area contributed by atoms with Gasteiger partial charge in [-0.15, -0.1) is 0 Å². The van der Waals surface area contributed by atoms with Crippen molar-refractivity contribution in [2.75, 3.05) is 39.5 Å². The molecule has 1 aromatic rings. The smallest absolute Gasteiger partial charge is 0.410 e. The number of hydrogen-bond donors (Lipinski definition) is 0. The first-order valence-corrected chi connectivity index (χ1v) is 11.1. The van der Waals surface area contributed by atoms with Crippen LogP contribution in [0.15, 0.2) is 29.2 Å². The maximum absolute atomic E-state index is 12.0. The van der Waals surface area contributed by atoms with Crippen LogP contribution in [0.1, 0.15) is 32.8 Å². The topological polar surface area (TPSA) is 91.4 Å². The van der Waals surface area contributed by atoms with Crippen LogP contribution in [0.5, 0.6) is 0 Å². The number of carbonyl (C=O) groups is 1. The molecule has 1 aliphatic heterocycles. The molecule has 1 amide bonds. The van der Waals surface area contributed by atoms with Gasteiger partial charge in [0.1, 0.15) is 5.60 Å². The predicted molar refractivity (Wildman–Crippen MR) is 107 cm³/mol. The van der Waals surface area contributed by atoms with Crippen LogP contribution in [0.2, 0.25) is 0 Å². The summed E-state index contributed by atoms with van der Waals surface area (Å²) in [4.78, 5) is 13.6. The molecule has 29 heavy (non-hydrogen) atoms. The van der Waals surface area contributed by atoms with E-state index in [-0.39, 0.29) is 30.3 Å². The van der Waals surface area contributed by atoms with Crippen LogP contribution in [0.3, 0.4) is 0 Å². The van der Waals surface area contributed by atoms with Gasteiger partial charge in [0.2, 0.25) is 0 Å². The van der Waals surface area contributed by atoms with Gasteiger partial charge in [0, 0.05) is 13.2 Å². The van der Waals surface area contributed by atoms with Gasteiger partial charge in [-0.25, -0.2) is 4.79 Å². The minimum absolute atomic E-state index is 0.0190. The Kier molecular flexibility index (Phi) is 8.45. The van der Waals surface area contributed by atoms with E-state index in [2.05, 4.69) is 0 Å². The largest absolute Gasteiger partial charge is 0.444 e. The molecule has 0 N–H and O–H groups in total. The molecule has 1 aromatic carbocycles. The molecule has 2 rings (SSSR count). The van der Waals surface area contributed by atoms with Crippen LogP contribution in [-0.4, -0.2) is 70.6 Å². The Morgan fingerprint density at radius 3 is 2.34 bits per heavy atom. The average Bonchev–Trinajstić information content (AvgIpc) is 2.57. The van der Waals surface area contributed by atoms with Gasteiger partial charge in [0.25, 0.3) is 10.1 Å². The van der Waals surface area contributed by atoms with Crippen molar-refractivity contribution in [3.63, 3.8) is 0 Å². The number of ether oxygens (including phenoxy) is 3. The lowest BCUT2D eigenvalue weighted by molar-refractivity contribution is -0.0667. The zero-order chi connectivity index (χ0) is 21.5. The van der Waals surface area contributed by atoms with Crippen LogP contribution in [-0.2, 0) is 28.5 Å². The van der Waals surface area contributed by atoms with E-state index in [9.17, 15) is 13.2 Å². The Morgan fingerprint density at radius 1 is 1.07 bits per heavy atom. The number of hydrogen-bond acceptors (Lipinski definition) is 7. The van der Waals surface area contributed by atoms with Crippen molar-refractivity contribution in [2.24, 2.45) is 0 Å². The molecule has 0 aliphatic carbocycles. The van der Waals surface area contributed by atoms with Crippen molar-refractivity contribution in [3.05, 3.63) is 29.8 Å². The number of nitrogens with zero attached hydrogens (tertiary/aromatic N) is 1. The Balaban J connectivity index is 1.48. The van der Waals surface area contributed by atoms with Gasteiger partial charge in [-0.1, -0.05) is 17.7 Å². The molecule has 1 aliphatic rings. The average molecular weight is 430 g/mol. The standard InChI is InChI=1S/C20H31NO7S/c1-16-6-8-18(9-7-16)29(23,24)27-13-12-25-10-5-11-26-17-14-21(15-17)19(22)28-20(2,3)4/h6-9,17H,5,10-15H2,1-4H3. The van der Waals surface area contributed by atoms with Gasteiger partial charge in [-0.3, -0.25) is 4.18 Å². The first-order chi connectivity index (χ1) is 13.6. The minimum Gasteiger partial charge on any atom is -0.444 e. The summed E-state index contributed by atoms with van der Waals surface area (Å²) in [7, 11) is -3.75. The Hall–Kier alpha value is -1.68. The van der Waals surface area contributed by atoms with E-state index in [0.717, 1.165) is 5.56 Å². The summed E-state index contributed by atoms with van der Waals surface area (Å²) in [6.45, 7) is 9.54. The third-order valence-corrected chi connectivity index (χ3v) is 5.39. The highest BCUT2D eigenvalue weighted by Crippen LogP contribution is 2.17. The SMILES string of the molecule is Cc1ccc(S(=O)(=O)OCCOCCCOC2CN(C(=O)OC(C)(C)C)C2)cc1. The predicted octanol–water partition coefficient (Wildman–Crippen LogP) is 2.74. The van der Waals surface area contributed by atoms with E-state index in [1.165, 1.54) is 12.1 Å². The maximum atomic E-state index is 12.0. The van der Waals surface area contributed by atoms with Gasteiger partial charge in [0.05, 0.1) is 37.3 Å². The van der Waals surface area contributed by atoms with Gasteiger partial charge in [-0.2, -0.15) is 8.42 Å². The van der Waals surface area contributed by atoms with Crippen molar-refractivity contribution in [1.29, 1.82) is 0 Å². The fraction of sp³-hybridized carbons (Fsp3) is 0.650. The minimum atomic E-state index is -3.75. The number of likely N-dealkylation sites (tertiary alicyclic amines) is 1. The molecular formula is C20H31NO7S. The third-order valence-electron chi connectivity index (χ3n) is 4.06. The number of benzene rings is 1. The summed E-state index contributed by atoms with van der Waals surface area (Å²) < 4.78 is 45.3. The van der Waals surface area contributed by atoms with Gasteiger partial charge >= 0.3 is 6.09 Å². The maximum Gasteiger partial charge on any atom is 0.410 e. The second-order valence-corrected chi connectivity index (χ2v) is 9.55. The van der Waals surface area contributed by atoms with Crippen molar-refractivity contribution < 1.29 is 31.6 Å². The Morgan fingerprint density at radius 2 is 1.72 bits per heavy atom. The highest BCUT2D eigenvalue weighted by atomic mass is 32.2. The van der Waals surface area contributed by atoms with Crippen molar-refractivity contribution in [3.8, 4) is 0 Å². The summed E-state index contributed by atoms with van der Waals surface area (Å²) in [6, 6.07) is 6.49. The van der Waals surface area contributed by atoms with E-state index >= 15 is 0 Å². The fourth-order valence-corrected chi connectivity index (χ4v) is 3.40. The molecule has 0 bridgehead atoms. The normalized spacial score (nSPS) is 15.2. The van der Waals surface area contributed by atoms with Crippen molar-refractivity contribution >= 4 is 16.2 Å². The number of aryl methyl sites for hydroxylation is 1. The molecule has 0 radical (unpaired) electrons. The zero-order valence-electron chi connectivity index (χ0n) is 17.5. The molecule has 0 aromatic heterocycles. The van der Waals surface area contributed by atoms with E-state index in [0.29, 0.717) is 32.7 Å². The van der Waals surface area contributed by atoms with Crippen LogP contribution < -0.4 is 0 Å². The highest BCUT2D eigenvalue weighted by molar-refractivity contribution is 7.86. The summed E-state index contributed by atoms with van der Waals surface area (Å²) >= 11 is 0. The lowest BCUT2D eigenvalue weighted by Gasteiger charge is -2.39. The molecule has 1 saturated heterocycles. The van der Waals surface area contributed by atoms with Gasteiger partial charge < -0.3 is 19.1 Å². The van der Waals surface area contributed by atoms with Gasteiger partial charge in [-0.05, 0) is 46.2 Å². The van der Waals surface area contributed by atoms with E-state index < -0.39 is 15.7 Å². The van der Waals surface area contributed by atoms with Gasteiger partial charge in [0.15, 0.2) is 0 Å². The number of rotatable bonds is 10. The molecule has 0 saturated carbocycles. The summed E-state index contributed by atoms with van der Waals surface area (Å²) in [5.74, 6) is 0. The second-order valence-electron chi connectivity index (χ2n) is 7.93. The first kappa shape index (κ1) is 23.6. The molecule has 1 heterocycles. The van der Waals surface area contributed by atoms with Crippen LogP contribution in [0.4, 0.5) is 4.79 Å². The van der Waals surface area contributed by atoms with Crippen molar-refractivity contribution in [1.82, 2.24) is 4.90 Å². The van der Waals surface area contributed by atoms with E-state index in [1.807, 2.05) is 27.7 Å². The molecular weight excluding hydrogens is 398 g/mol. The fourth-order valence-electron chi connectivity index (χ4n) is 2.51. The number of amides is 1. The summed E-state index contributed by atoms with van der Waals surface area (Å²) in [5.41, 5.74) is 0.484. The third kappa shape index (κ3) is 8.30. The van der Waals surface area contributed by atoms with Crippen LogP contribution in [0, 0.1) is 6.92 Å². The number of carbonyl (C=O) groups excluding carboxylic acids is 1. The molecule has 9 heteroatoms. The molecule has 0 spiro atoms. The molecule has 0 atom stereocenters. The first-order valence-electron chi connectivity index (χ1n) is 9.70. The van der Waals surface area contributed by atoms with E-state index in [4.69, 9.17) is 18.4 Å². The van der Waals surface area contributed by atoms with Crippen LogP contribution in [0.25, 0.3) is 0 Å². The molecule has 8 nitrogen and oxygen atoms in total. The molecule has 0 unspecified atom stereocenters. The molecule has 164 valence electrons. The zero-order valence-corrected chi connectivity index (χ0v) is 18.4. The van der Waals surface area contributed by atoms with Crippen molar-refractivity contribution in [2.45, 2.75) is 50.7 Å². The quantitative estimate of drug-likeness (QED) is 0.417. The summed E-state index contributed by atoms with van der Waals surface area (Å²) in [6.07, 6.45) is 0.375. The highest BCUT2D eigenvalue weighted by Gasteiger charge is 2.34. The molecule has 1 fully saturated rings. The van der Waals surface area contributed by atoms with Crippen LogP contribution >= 0.6 is 0 Å².